The van der Waals surface area contributed by atoms with Crippen molar-refractivity contribution in [3.8, 4) is 11.5 Å². The lowest BCUT2D eigenvalue weighted by molar-refractivity contribution is -0.638. The average molecular weight is 637 g/mol. The molecule has 10 heteroatoms. The Morgan fingerprint density at radius 2 is 1.57 bits per heavy atom. The van der Waals surface area contributed by atoms with Crippen molar-refractivity contribution in [3.05, 3.63) is 53.3 Å². The second-order valence-electron chi connectivity index (χ2n) is 14.4. The van der Waals surface area contributed by atoms with Gasteiger partial charge in [-0.25, -0.2) is 4.39 Å². The molecule has 4 aliphatic heterocycles. The van der Waals surface area contributed by atoms with Crippen LogP contribution in [-0.4, -0.2) is 99.3 Å². The van der Waals surface area contributed by atoms with Crippen LogP contribution in [0, 0.1) is 11.2 Å². The largest absolute Gasteiger partial charge is 0.490 e. The van der Waals surface area contributed by atoms with Gasteiger partial charge in [0.05, 0.1) is 6.54 Å². The van der Waals surface area contributed by atoms with E-state index in [2.05, 4.69) is 21.6 Å². The van der Waals surface area contributed by atoms with Gasteiger partial charge in [0.2, 0.25) is 5.91 Å². The molecule has 0 saturated carbocycles. The number of nitrogens with two attached hydrogens (primary N) is 1. The smallest absolute Gasteiger partial charge is 0.253 e. The van der Waals surface area contributed by atoms with Gasteiger partial charge in [0, 0.05) is 100 Å². The molecule has 9 nitrogen and oxygen atoms in total. The molecule has 6 rings (SSSR count). The topological polar surface area (TPSA) is 91.0 Å². The van der Waals surface area contributed by atoms with Gasteiger partial charge in [0.25, 0.3) is 5.91 Å². The van der Waals surface area contributed by atoms with Gasteiger partial charge >= 0.3 is 0 Å². The molecule has 3 N–H and O–H groups in total. The summed E-state index contributed by atoms with van der Waals surface area (Å²) in [6.07, 6.45) is 4.21. The van der Waals surface area contributed by atoms with Gasteiger partial charge in [0.15, 0.2) is 6.10 Å². The predicted octanol–water partition coefficient (Wildman–Crippen LogP) is 3.39. The van der Waals surface area contributed by atoms with Gasteiger partial charge in [-0.15, -0.1) is 0 Å². The highest BCUT2D eigenvalue weighted by Crippen LogP contribution is 2.37. The number of halogens is 1. The minimum absolute atomic E-state index is 0.0209. The summed E-state index contributed by atoms with van der Waals surface area (Å²) in [5.41, 5.74) is 2.23. The van der Waals surface area contributed by atoms with Crippen LogP contribution >= 0.6 is 0 Å². The first kappa shape index (κ1) is 32.6. The summed E-state index contributed by atoms with van der Waals surface area (Å²) in [7, 11) is 0. The zero-order valence-corrected chi connectivity index (χ0v) is 27.7. The van der Waals surface area contributed by atoms with E-state index < -0.39 is 5.41 Å². The van der Waals surface area contributed by atoms with Crippen LogP contribution in [0.4, 0.5) is 10.1 Å². The van der Waals surface area contributed by atoms with Crippen molar-refractivity contribution in [1.29, 1.82) is 0 Å². The highest BCUT2D eigenvalue weighted by atomic mass is 19.1. The van der Waals surface area contributed by atoms with E-state index in [1.165, 1.54) is 6.07 Å². The highest BCUT2D eigenvalue weighted by Gasteiger charge is 2.33. The lowest BCUT2D eigenvalue weighted by Crippen LogP contribution is -2.81. The molecule has 0 aromatic heterocycles. The van der Waals surface area contributed by atoms with Gasteiger partial charge in [-0.2, -0.15) is 0 Å². The predicted molar refractivity (Wildman–Crippen MR) is 176 cm³/mol. The van der Waals surface area contributed by atoms with Crippen LogP contribution in [0.15, 0.2) is 36.4 Å². The van der Waals surface area contributed by atoms with Crippen molar-refractivity contribution in [1.82, 2.24) is 15.1 Å². The van der Waals surface area contributed by atoms with Crippen molar-refractivity contribution >= 4 is 17.5 Å². The number of nitrogens with one attached hydrogen (secondary N) is 1. The monoisotopic (exact) mass is 636 g/mol. The van der Waals surface area contributed by atoms with Gasteiger partial charge in [-0.05, 0) is 48.6 Å². The molecule has 4 aliphatic rings. The third-order valence-electron chi connectivity index (χ3n) is 9.91. The maximum atomic E-state index is 14.5. The van der Waals surface area contributed by atoms with Crippen LogP contribution in [0.5, 0.6) is 11.5 Å². The van der Waals surface area contributed by atoms with Gasteiger partial charge in [-0.1, -0.05) is 20.8 Å². The Morgan fingerprint density at radius 3 is 2.24 bits per heavy atom. The Labute approximate surface area is 272 Å². The molecule has 2 amide bonds. The second-order valence-corrected chi connectivity index (χ2v) is 14.4. The van der Waals surface area contributed by atoms with Crippen LogP contribution < -0.4 is 25.0 Å². The molecule has 0 bridgehead atoms. The van der Waals surface area contributed by atoms with Crippen LogP contribution in [0.25, 0.3) is 0 Å². The van der Waals surface area contributed by atoms with Gasteiger partial charge < -0.3 is 34.8 Å². The van der Waals surface area contributed by atoms with Gasteiger partial charge in [-0.3, -0.25) is 9.59 Å². The maximum absolute atomic E-state index is 14.5. The van der Waals surface area contributed by atoms with Crippen molar-refractivity contribution < 1.29 is 28.8 Å². The number of likely N-dealkylation sites (tertiary alicyclic amines) is 2. The number of anilines is 1. The van der Waals surface area contributed by atoms with Crippen molar-refractivity contribution in [2.24, 2.45) is 5.41 Å². The summed E-state index contributed by atoms with van der Waals surface area (Å²) >= 11 is 0. The van der Waals surface area contributed by atoms with Crippen LogP contribution in [-0.2, 0) is 4.79 Å². The lowest BCUT2D eigenvalue weighted by Gasteiger charge is -2.36. The van der Waals surface area contributed by atoms with E-state index in [0.29, 0.717) is 50.3 Å². The number of piperazine rings is 1. The number of nitrogens with zero attached hydrogens (tertiary/aromatic N) is 3. The molecule has 0 spiro atoms. The number of rotatable bonds is 7. The number of quaternary nitrogens is 1. The molecule has 0 radical (unpaired) electrons. The fourth-order valence-corrected chi connectivity index (χ4v) is 7.26. The third-order valence-corrected chi connectivity index (χ3v) is 9.91. The molecule has 4 saturated heterocycles. The van der Waals surface area contributed by atoms with Gasteiger partial charge in [0.1, 0.15) is 30.0 Å². The number of benzene rings is 2. The molecular weight excluding hydrogens is 585 g/mol. The van der Waals surface area contributed by atoms with E-state index in [0.717, 1.165) is 75.5 Å². The fourth-order valence-electron chi connectivity index (χ4n) is 7.26. The number of ether oxygens (including phenoxy) is 2. The standard InChI is InChI=1S/C36H50FN5O4/c1-36(2,3)35(44)42-14-7-25(8-15-42)32-20-26(4-5-33(32)46-30-6-11-39-24-30)34(43)41-16-9-29(10-17-41)45-31-22-27(37)21-28(23-31)40-18-12-38-13-19-40/h4-5,20-23,25,29-30,38-39H,6-19,24H2,1-3H3/p+1/t30-/m0/s1. The van der Waals surface area contributed by atoms with Crippen LogP contribution in [0.3, 0.4) is 0 Å². The van der Waals surface area contributed by atoms with Crippen molar-refractivity contribution in [2.75, 3.05) is 70.3 Å². The molecule has 250 valence electrons. The fraction of sp³-hybridized carbons (Fsp3) is 0.611. The third kappa shape index (κ3) is 7.77. The Bertz CT molecular complexity index is 1370. The Hall–Kier alpha value is -3.37. The molecule has 2 aromatic rings. The molecule has 0 aliphatic carbocycles. The summed E-state index contributed by atoms with van der Waals surface area (Å²) in [5, 5.41) is 5.62. The SMILES string of the molecule is CC(C)(C)C(=O)N1CCC(c2cc(C(=O)N3CCC(Oc4cc(F)cc(N5CCNCC5)c4)CC3)ccc2O[C@H]2CC[NH2+]C2)CC1. The first-order valence-electron chi connectivity index (χ1n) is 17.3. The average Bonchev–Trinajstić information content (AvgIpc) is 3.58. The first-order chi connectivity index (χ1) is 22.1. The summed E-state index contributed by atoms with van der Waals surface area (Å²) in [6, 6.07) is 10.9. The van der Waals surface area contributed by atoms with E-state index in [9.17, 15) is 14.0 Å². The second kappa shape index (κ2) is 14.2. The maximum Gasteiger partial charge on any atom is 0.253 e. The molecule has 1 atom stereocenters. The quantitative estimate of drug-likeness (QED) is 0.485. The number of piperidine rings is 2. The van der Waals surface area contributed by atoms with Crippen molar-refractivity contribution in [2.45, 2.75) is 71.0 Å². The Morgan fingerprint density at radius 1 is 0.848 bits per heavy atom. The summed E-state index contributed by atoms with van der Waals surface area (Å²) in [6.45, 7) is 14.0. The molecule has 46 heavy (non-hydrogen) atoms. The van der Waals surface area contributed by atoms with E-state index in [1.54, 1.807) is 6.07 Å². The number of hydrogen-bond donors (Lipinski definition) is 2. The minimum atomic E-state index is -0.393. The zero-order chi connectivity index (χ0) is 32.3. The molecular formula is C36H51FN5O4+. The summed E-state index contributed by atoms with van der Waals surface area (Å²) in [5.74, 6) is 1.58. The Balaban J connectivity index is 1.10. The van der Waals surface area contributed by atoms with E-state index >= 15 is 0 Å². The minimum Gasteiger partial charge on any atom is -0.490 e. The lowest BCUT2D eigenvalue weighted by atomic mass is 9.86. The molecule has 4 heterocycles. The highest BCUT2D eigenvalue weighted by molar-refractivity contribution is 5.94. The van der Waals surface area contributed by atoms with E-state index in [1.807, 2.05) is 48.8 Å². The normalized spacial score (nSPS) is 21.8. The zero-order valence-electron chi connectivity index (χ0n) is 27.7. The van der Waals surface area contributed by atoms with E-state index in [4.69, 9.17) is 9.47 Å². The van der Waals surface area contributed by atoms with E-state index in [-0.39, 0.29) is 35.8 Å². The molecule has 2 aromatic carbocycles. The number of amides is 2. The molecule has 4 fully saturated rings. The number of carbonyl (C=O) groups excluding carboxylic acids is 2. The van der Waals surface area contributed by atoms with Crippen molar-refractivity contribution in [3.63, 3.8) is 0 Å². The number of hydrogen-bond acceptors (Lipinski definition) is 6. The summed E-state index contributed by atoms with van der Waals surface area (Å²) in [4.78, 5) is 32.8. The van der Waals surface area contributed by atoms with Crippen LogP contribution in [0.2, 0.25) is 0 Å². The summed E-state index contributed by atoms with van der Waals surface area (Å²) < 4.78 is 27.3. The molecule has 0 unspecified atom stereocenters. The Kier molecular flexibility index (Phi) is 10.0. The first-order valence-corrected chi connectivity index (χ1v) is 17.3. The van der Waals surface area contributed by atoms with Crippen LogP contribution in [0.1, 0.15) is 74.7 Å². The number of carbonyl (C=O) groups is 2.